The van der Waals surface area contributed by atoms with Gasteiger partial charge in [0.1, 0.15) is 5.75 Å². The molecule has 1 heterocycles. The second-order valence-corrected chi connectivity index (χ2v) is 6.91. The number of nitrogens with one attached hydrogen (secondary N) is 2. The van der Waals surface area contributed by atoms with Crippen molar-refractivity contribution in [1.29, 1.82) is 0 Å². The van der Waals surface area contributed by atoms with Gasteiger partial charge in [-0.05, 0) is 43.0 Å². The molecule has 0 spiro atoms. The zero-order valence-corrected chi connectivity index (χ0v) is 17.4. The first-order valence-corrected chi connectivity index (χ1v) is 10.3. The summed E-state index contributed by atoms with van der Waals surface area (Å²) in [5, 5.41) is 7.37. The molecule has 0 aliphatic carbocycles. The number of fused-ring (bicyclic) bond motifs is 1. The van der Waals surface area contributed by atoms with Crippen LogP contribution in [0.3, 0.4) is 0 Å². The number of rotatable bonds is 9. The smallest absolute Gasteiger partial charge is 0.272 e. The van der Waals surface area contributed by atoms with E-state index in [1.54, 1.807) is 30.5 Å². The number of unbranched alkanes of at least 4 members (excludes halogenated alkanes) is 2. The van der Waals surface area contributed by atoms with Crippen LogP contribution in [0.4, 0.5) is 5.69 Å². The quantitative estimate of drug-likeness (QED) is 0.501. The van der Waals surface area contributed by atoms with Crippen LogP contribution in [0.5, 0.6) is 5.75 Å². The van der Waals surface area contributed by atoms with Crippen molar-refractivity contribution in [3.8, 4) is 5.75 Å². The average molecular weight is 405 g/mol. The van der Waals surface area contributed by atoms with Crippen LogP contribution in [0.25, 0.3) is 10.8 Å². The lowest BCUT2D eigenvalue weighted by atomic mass is 10.0. The van der Waals surface area contributed by atoms with Crippen LogP contribution >= 0.6 is 0 Å². The third-order valence-corrected chi connectivity index (χ3v) is 4.77. The topological polar surface area (TPSA) is 80.3 Å². The van der Waals surface area contributed by atoms with Gasteiger partial charge in [-0.15, -0.1) is 0 Å². The Hall–Kier alpha value is -3.41. The van der Waals surface area contributed by atoms with E-state index < -0.39 is 0 Å². The second kappa shape index (κ2) is 10.4. The van der Waals surface area contributed by atoms with Gasteiger partial charge >= 0.3 is 0 Å². The van der Waals surface area contributed by atoms with Crippen LogP contribution < -0.4 is 15.4 Å². The first kappa shape index (κ1) is 21.3. The van der Waals surface area contributed by atoms with Crippen LogP contribution in [-0.4, -0.2) is 29.9 Å². The van der Waals surface area contributed by atoms with Crippen LogP contribution in [0.15, 0.2) is 54.7 Å². The second-order valence-electron chi connectivity index (χ2n) is 6.91. The van der Waals surface area contributed by atoms with E-state index in [-0.39, 0.29) is 17.5 Å². The predicted octanol–water partition coefficient (Wildman–Crippen LogP) is 4.81. The van der Waals surface area contributed by atoms with E-state index in [0.717, 1.165) is 35.8 Å². The molecule has 0 aliphatic heterocycles. The van der Waals surface area contributed by atoms with Gasteiger partial charge in [-0.3, -0.25) is 9.59 Å². The molecule has 0 radical (unpaired) electrons. The highest BCUT2D eigenvalue weighted by Gasteiger charge is 2.17. The first-order chi connectivity index (χ1) is 14.7. The molecule has 0 atom stereocenters. The molecule has 6 nitrogen and oxygen atoms in total. The Balaban J connectivity index is 1.84. The summed E-state index contributed by atoms with van der Waals surface area (Å²) in [6.45, 7) is 5.16. The molecule has 0 bridgehead atoms. The first-order valence-electron chi connectivity index (χ1n) is 10.3. The number of pyridine rings is 1. The van der Waals surface area contributed by atoms with Gasteiger partial charge < -0.3 is 15.4 Å². The lowest BCUT2D eigenvalue weighted by Crippen LogP contribution is -2.27. The average Bonchev–Trinajstić information content (AvgIpc) is 2.77. The maximum atomic E-state index is 13.1. The SMILES string of the molecule is CCCCCNC(=O)c1ncccc1NC(=O)c1ccc(OCC)c2ccccc12. The number of nitrogens with zero attached hydrogens (tertiary/aromatic N) is 1. The summed E-state index contributed by atoms with van der Waals surface area (Å²) < 4.78 is 5.68. The van der Waals surface area contributed by atoms with Crippen LogP contribution in [-0.2, 0) is 0 Å². The van der Waals surface area contributed by atoms with Crippen molar-refractivity contribution in [2.24, 2.45) is 0 Å². The predicted molar refractivity (Wildman–Crippen MR) is 119 cm³/mol. The highest BCUT2D eigenvalue weighted by Crippen LogP contribution is 2.29. The number of amides is 2. The Kier molecular flexibility index (Phi) is 7.38. The summed E-state index contributed by atoms with van der Waals surface area (Å²) in [4.78, 5) is 29.8. The van der Waals surface area contributed by atoms with Crippen molar-refractivity contribution in [3.63, 3.8) is 0 Å². The molecule has 1 aromatic heterocycles. The Bertz CT molecular complexity index is 1030. The molecule has 2 amide bonds. The zero-order valence-electron chi connectivity index (χ0n) is 17.4. The monoisotopic (exact) mass is 405 g/mol. The van der Waals surface area contributed by atoms with E-state index in [4.69, 9.17) is 4.74 Å². The maximum absolute atomic E-state index is 13.1. The number of hydrogen-bond donors (Lipinski definition) is 2. The molecule has 30 heavy (non-hydrogen) atoms. The summed E-state index contributed by atoms with van der Waals surface area (Å²) >= 11 is 0. The van der Waals surface area contributed by atoms with Crippen LogP contribution in [0.2, 0.25) is 0 Å². The summed E-state index contributed by atoms with van der Waals surface area (Å²) in [5.41, 5.74) is 1.10. The fourth-order valence-electron chi connectivity index (χ4n) is 3.29. The molecule has 156 valence electrons. The van der Waals surface area contributed by atoms with E-state index in [9.17, 15) is 9.59 Å². The molecule has 0 fully saturated rings. The summed E-state index contributed by atoms with van der Waals surface area (Å²) in [6.07, 6.45) is 4.59. The number of carbonyl (C=O) groups excluding carboxylic acids is 2. The Morgan fingerprint density at radius 3 is 2.50 bits per heavy atom. The molecular weight excluding hydrogens is 378 g/mol. The van der Waals surface area contributed by atoms with Crippen molar-refractivity contribution in [2.45, 2.75) is 33.1 Å². The number of benzene rings is 2. The largest absolute Gasteiger partial charge is 0.493 e. The van der Waals surface area contributed by atoms with Crippen molar-refractivity contribution < 1.29 is 14.3 Å². The highest BCUT2D eigenvalue weighted by molar-refractivity contribution is 6.15. The molecule has 0 aliphatic rings. The maximum Gasteiger partial charge on any atom is 0.272 e. The molecule has 0 saturated carbocycles. The number of anilines is 1. The molecule has 2 aromatic carbocycles. The Morgan fingerprint density at radius 1 is 0.933 bits per heavy atom. The molecule has 2 N–H and O–H groups in total. The molecule has 6 heteroatoms. The fraction of sp³-hybridized carbons (Fsp3) is 0.292. The van der Waals surface area contributed by atoms with Gasteiger partial charge in [0.15, 0.2) is 5.69 Å². The number of carbonyl (C=O) groups is 2. The lowest BCUT2D eigenvalue weighted by Gasteiger charge is -2.13. The minimum absolute atomic E-state index is 0.206. The van der Waals surface area contributed by atoms with Crippen molar-refractivity contribution in [1.82, 2.24) is 10.3 Å². The normalized spacial score (nSPS) is 10.6. The standard InChI is InChI=1S/C24H27N3O3/c1-3-5-8-15-26-24(29)22-20(12-9-16-25-22)27-23(28)19-13-14-21(30-4-2)18-11-7-6-10-17(18)19/h6-7,9-14,16H,3-5,8,15H2,1-2H3,(H,26,29)(H,27,28). The highest BCUT2D eigenvalue weighted by atomic mass is 16.5. The van der Waals surface area contributed by atoms with E-state index in [0.29, 0.717) is 24.4 Å². The minimum atomic E-state index is -0.303. The molecule has 0 saturated heterocycles. The van der Waals surface area contributed by atoms with E-state index >= 15 is 0 Å². The summed E-state index contributed by atoms with van der Waals surface area (Å²) in [7, 11) is 0. The Labute approximate surface area is 176 Å². The Morgan fingerprint density at radius 2 is 1.73 bits per heavy atom. The van der Waals surface area contributed by atoms with E-state index in [2.05, 4.69) is 22.5 Å². The van der Waals surface area contributed by atoms with Gasteiger partial charge in [-0.2, -0.15) is 0 Å². The zero-order chi connectivity index (χ0) is 21.3. The number of hydrogen-bond acceptors (Lipinski definition) is 4. The van der Waals surface area contributed by atoms with Gasteiger partial charge in [0.05, 0.1) is 12.3 Å². The number of aromatic nitrogens is 1. The van der Waals surface area contributed by atoms with Gasteiger partial charge in [-0.1, -0.05) is 44.0 Å². The molecular formula is C24H27N3O3. The number of ether oxygens (including phenoxy) is 1. The molecule has 3 rings (SSSR count). The van der Waals surface area contributed by atoms with Gasteiger partial charge in [0.25, 0.3) is 11.8 Å². The van der Waals surface area contributed by atoms with E-state index in [1.165, 1.54) is 0 Å². The van der Waals surface area contributed by atoms with Crippen LogP contribution in [0, 0.1) is 0 Å². The van der Waals surface area contributed by atoms with Gasteiger partial charge in [0, 0.05) is 23.7 Å². The van der Waals surface area contributed by atoms with Gasteiger partial charge in [-0.25, -0.2) is 4.98 Å². The van der Waals surface area contributed by atoms with Gasteiger partial charge in [0.2, 0.25) is 0 Å². The van der Waals surface area contributed by atoms with Crippen molar-refractivity contribution >= 4 is 28.3 Å². The molecule has 3 aromatic rings. The summed E-state index contributed by atoms with van der Waals surface area (Å²) in [6, 6.07) is 14.5. The fourth-order valence-corrected chi connectivity index (χ4v) is 3.29. The van der Waals surface area contributed by atoms with Crippen molar-refractivity contribution in [2.75, 3.05) is 18.5 Å². The third-order valence-electron chi connectivity index (χ3n) is 4.77. The van der Waals surface area contributed by atoms with E-state index in [1.807, 2.05) is 31.2 Å². The summed E-state index contributed by atoms with van der Waals surface area (Å²) in [5.74, 6) is 0.138. The van der Waals surface area contributed by atoms with Crippen LogP contribution in [0.1, 0.15) is 54.0 Å². The molecule has 0 unspecified atom stereocenters. The lowest BCUT2D eigenvalue weighted by molar-refractivity contribution is 0.0949. The third kappa shape index (κ3) is 4.95. The van der Waals surface area contributed by atoms with Crippen molar-refractivity contribution in [3.05, 3.63) is 66.0 Å². The minimum Gasteiger partial charge on any atom is -0.493 e.